The molecule has 2 heterocycles. The molecule has 1 aromatic heterocycles. The van der Waals surface area contributed by atoms with Crippen molar-refractivity contribution in [2.45, 2.75) is 25.6 Å². The zero-order valence-corrected chi connectivity index (χ0v) is 15.6. The molecule has 150 valence electrons. The van der Waals surface area contributed by atoms with Gasteiger partial charge in [0, 0.05) is 35.6 Å². The van der Waals surface area contributed by atoms with Crippen LogP contribution in [0.25, 0.3) is 10.6 Å². The molecule has 1 aliphatic rings. The average Bonchev–Trinajstić information content (AvgIpc) is 3.09. The minimum atomic E-state index is -4.73. The maximum absolute atomic E-state index is 12.4. The van der Waals surface area contributed by atoms with Crippen molar-refractivity contribution < 1.29 is 27.5 Å². The predicted molar refractivity (Wildman–Crippen MR) is 96.4 cm³/mol. The van der Waals surface area contributed by atoms with E-state index in [1.54, 1.807) is 11.1 Å². The summed E-state index contributed by atoms with van der Waals surface area (Å²) in [6.07, 6.45) is -1.81. The number of thiazole rings is 1. The lowest BCUT2D eigenvalue weighted by Crippen LogP contribution is -2.42. The number of hydrogen-bond donors (Lipinski definition) is 1. The molecule has 1 saturated heterocycles. The fourth-order valence-corrected chi connectivity index (χ4v) is 3.90. The van der Waals surface area contributed by atoms with Gasteiger partial charge in [-0.2, -0.15) is 0 Å². The van der Waals surface area contributed by atoms with Crippen LogP contribution in [0.15, 0.2) is 30.5 Å². The molecule has 6 nitrogen and oxygen atoms in total. The van der Waals surface area contributed by atoms with E-state index in [2.05, 4.69) is 9.72 Å². The number of alkyl halides is 3. The molecule has 0 saturated carbocycles. The molecule has 10 heteroatoms. The first-order valence-electron chi connectivity index (χ1n) is 8.59. The van der Waals surface area contributed by atoms with Crippen molar-refractivity contribution in [2.75, 3.05) is 13.1 Å². The van der Waals surface area contributed by atoms with Crippen LogP contribution in [0.2, 0.25) is 0 Å². The lowest BCUT2D eigenvalue weighted by Gasteiger charge is -2.30. The summed E-state index contributed by atoms with van der Waals surface area (Å²) in [7, 11) is 0. The number of nitrogens with zero attached hydrogens (tertiary/aromatic N) is 2. The number of carbonyl (C=O) groups is 2. The molecule has 1 aliphatic heterocycles. The van der Waals surface area contributed by atoms with Crippen LogP contribution in [0, 0.1) is 5.92 Å². The summed E-state index contributed by atoms with van der Waals surface area (Å²) in [6, 6.07) is 5.41. The number of aromatic nitrogens is 1. The van der Waals surface area contributed by atoms with Gasteiger partial charge in [-0.25, -0.2) is 4.98 Å². The Balaban J connectivity index is 1.58. The van der Waals surface area contributed by atoms with Gasteiger partial charge in [-0.3, -0.25) is 9.59 Å². The van der Waals surface area contributed by atoms with Crippen molar-refractivity contribution in [3.8, 4) is 16.3 Å². The molecule has 2 amide bonds. The summed E-state index contributed by atoms with van der Waals surface area (Å²) in [6.45, 7) is 0.998. The average molecular weight is 413 g/mol. The van der Waals surface area contributed by atoms with Crippen molar-refractivity contribution in [3.63, 3.8) is 0 Å². The van der Waals surface area contributed by atoms with E-state index in [9.17, 15) is 22.8 Å². The quantitative estimate of drug-likeness (QED) is 0.817. The minimum absolute atomic E-state index is 0.0490. The molecule has 28 heavy (non-hydrogen) atoms. The molecule has 1 aromatic carbocycles. The van der Waals surface area contributed by atoms with E-state index in [1.807, 2.05) is 0 Å². The Morgan fingerprint density at radius 1 is 1.21 bits per heavy atom. The van der Waals surface area contributed by atoms with E-state index in [-0.39, 0.29) is 29.9 Å². The van der Waals surface area contributed by atoms with Crippen molar-refractivity contribution in [3.05, 3.63) is 35.3 Å². The first-order valence-corrected chi connectivity index (χ1v) is 9.41. The normalized spacial score (nSPS) is 15.5. The van der Waals surface area contributed by atoms with Crippen LogP contribution in [-0.4, -0.2) is 41.2 Å². The topological polar surface area (TPSA) is 85.5 Å². The summed E-state index contributed by atoms with van der Waals surface area (Å²) in [5.74, 6) is -0.858. The molecular formula is C18H18F3N3O3S. The van der Waals surface area contributed by atoms with Crippen molar-refractivity contribution in [1.82, 2.24) is 9.88 Å². The number of ether oxygens (including phenoxy) is 1. The summed E-state index contributed by atoms with van der Waals surface area (Å²) in [5.41, 5.74) is 5.94. The molecule has 0 spiro atoms. The third-order valence-electron chi connectivity index (χ3n) is 4.46. The highest BCUT2D eigenvalue weighted by Crippen LogP contribution is 2.29. The minimum Gasteiger partial charge on any atom is -0.406 e. The van der Waals surface area contributed by atoms with Crippen LogP contribution in [0.1, 0.15) is 17.7 Å². The van der Waals surface area contributed by atoms with Crippen LogP contribution in [0.4, 0.5) is 13.2 Å². The van der Waals surface area contributed by atoms with E-state index >= 15 is 0 Å². The van der Waals surface area contributed by atoms with Gasteiger partial charge in [-0.05, 0) is 37.1 Å². The van der Waals surface area contributed by atoms with E-state index in [0.717, 1.165) is 4.88 Å². The Kier molecular flexibility index (Phi) is 5.87. The summed E-state index contributed by atoms with van der Waals surface area (Å²) < 4.78 is 40.5. The Hall–Kier alpha value is -2.62. The van der Waals surface area contributed by atoms with Crippen molar-refractivity contribution in [2.24, 2.45) is 11.7 Å². The second kappa shape index (κ2) is 8.17. The number of primary amides is 1. The highest BCUT2D eigenvalue weighted by atomic mass is 32.1. The smallest absolute Gasteiger partial charge is 0.406 e. The second-order valence-corrected chi connectivity index (χ2v) is 7.55. The Bertz CT molecular complexity index is 844. The molecule has 0 bridgehead atoms. The van der Waals surface area contributed by atoms with E-state index in [0.29, 0.717) is 36.5 Å². The fourth-order valence-electron chi connectivity index (χ4n) is 3.00. The lowest BCUT2D eigenvalue weighted by atomic mass is 9.96. The molecule has 2 N–H and O–H groups in total. The predicted octanol–water partition coefficient (Wildman–Crippen LogP) is 2.98. The van der Waals surface area contributed by atoms with Gasteiger partial charge in [0.05, 0.1) is 6.42 Å². The number of rotatable bonds is 5. The molecule has 0 atom stereocenters. The maximum atomic E-state index is 12.4. The SMILES string of the molecule is NC(=O)C1CCN(C(=O)Cc2cnc(-c3ccc(OC(F)(F)F)cc3)s2)CC1. The van der Waals surface area contributed by atoms with E-state index in [4.69, 9.17) is 5.73 Å². The molecular weight excluding hydrogens is 395 g/mol. The number of hydrogen-bond acceptors (Lipinski definition) is 5. The summed E-state index contributed by atoms with van der Waals surface area (Å²) in [5, 5.41) is 0.605. The molecule has 1 fully saturated rings. The molecule has 0 aliphatic carbocycles. The zero-order valence-electron chi connectivity index (χ0n) is 14.7. The first-order chi connectivity index (χ1) is 13.2. The van der Waals surface area contributed by atoms with E-state index in [1.165, 1.54) is 35.6 Å². The van der Waals surface area contributed by atoms with Crippen LogP contribution in [0.3, 0.4) is 0 Å². The van der Waals surface area contributed by atoms with E-state index < -0.39 is 6.36 Å². The highest BCUT2D eigenvalue weighted by Gasteiger charge is 2.31. The third kappa shape index (κ3) is 5.22. The van der Waals surface area contributed by atoms with Gasteiger partial charge < -0.3 is 15.4 Å². The second-order valence-electron chi connectivity index (χ2n) is 6.44. The standard InChI is InChI=1S/C18H18F3N3O3S/c19-18(20,21)27-13-3-1-12(2-4-13)17-23-10-14(28-17)9-15(25)24-7-5-11(6-8-24)16(22)26/h1-4,10-11H,5-9H2,(H2,22,26). The summed E-state index contributed by atoms with van der Waals surface area (Å²) in [4.78, 5) is 30.3. The van der Waals surface area contributed by atoms with Gasteiger partial charge in [-0.15, -0.1) is 24.5 Å². The van der Waals surface area contributed by atoms with Gasteiger partial charge in [0.15, 0.2) is 0 Å². The van der Waals surface area contributed by atoms with Crippen LogP contribution >= 0.6 is 11.3 Å². The fraction of sp³-hybridized carbons (Fsp3) is 0.389. The summed E-state index contributed by atoms with van der Waals surface area (Å²) >= 11 is 1.31. The number of nitrogens with two attached hydrogens (primary N) is 1. The van der Waals surface area contributed by atoms with Crippen LogP contribution < -0.4 is 10.5 Å². The first kappa shape index (κ1) is 20.1. The molecule has 0 unspecified atom stereocenters. The van der Waals surface area contributed by atoms with Gasteiger partial charge in [0.25, 0.3) is 0 Å². The van der Waals surface area contributed by atoms with Gasteiger partial charge >= 0.3 is 6.36 Å². The Labute approximate surface area is 163 Å². The van der Waals surface area contributed by atoms with Gasteiger partial charge in [0.2, 0.25) is 11.8 Å². The van der Waals surface area contributed by atoms with Crippen LogP contribution in [-0.2, 0) is 16.0 Å². The Morgan fingerprint density at radius 2 is 1.86 bits per heavy atom. The number of likely N-dealkylation sites (tertiary alicyclic amines) is 1. The maximum Gasteiger partial charge on any atom is 0.573 e. The number of amides is 2. The number of carbonyl (C=O) groups excluding carboxylic acids is 2. The highest BCUT2D eigenvalue weighted by molar-refractivity contribution is 7.15. The number of piperidine rings is 1. The van der Waals surface area contributed by atoms with Crippen LogP contribution in [0.5, 0.6) is 5.75 Å². The monoisotopic (exact) mass is 413 g/mol. The molecule has 0 radical (unpaired) electrons. The van der Waals surface area contributed by atoms with Crippen molar-refractivity contribution >= 4 is 23.2 Å². The number of halogens is 3. The van der Waals surface area contributed by atoms with Crippen molar-refractivity contribution in [1.29, 1.82) is 0 Å². The lowest BCUT2D eigenvalue weighted by molar-refractivity contribution is -0.274. The van der Waals surface area contributed by atoms with Gasteiger partial charge in [-0.1, -0.05) is 0 Å². The Morgan fingerprint density at radius 3 is 2.43 bits per heavy atom. The zero-order chi connectivity index (χ0) is 20.3. The number of benzene rings is 1. The van der Waals surface area contributed by atoms with Gasteiger partial charge in [0.1, 0.15) is 10.8 Å². The third-order valence-corrected chi connectivity index (χ3v) is 5.51. The molecule has 3 rings (SSSR count). The largest absolute Gasteiger partial charge is 0.573 e. The molecule has 2 aromatic rings.